The monoisotopic (exact) mass is 525 g/mol. The summed E-state index contributed by atoms with van der Waals surface area (Å²) < 4.78 is 74.3. The van der Waals surface area contributed by atoms with E-state index in [1.54, 1.807) is 21.0 Å². The molecule has 0 spiro atoms. The molecule has 1 amide bonds. The van der Waals surface area contributed by atoms with Crippen molar-refractivity contribution >= 4 is 5.91 Å². The van der Waals surface area contributed by atoms with Crippen LogP contribution >= 0.6 is 0 Å². The summed E-state index contributed by atoms with van der Waals surface area (Å²) in [4.78, 5) is 11.9. The Labute approximate surface area is 212 Å². The molecule has 2 heterocycles. The Balaban J connectivity index is 2.14. The van der Waals surface area contributed by atoms with Crippen LogP contribution in [-0.2, 0) is 33.2 Å². The predicted molar refractivity (Wildman–Crippen MR) is 126 cm³/mol. The number of ether oxygens (including phenoxy) is 6. The van der Waals surface area contributed by atoms with Crippen molar-refractivity contribution in [2.75, 3.05) is 26.9 Å². The van der Waals surface area contributed by atoms with Gasteiger partial charge in [-0.2, -0.15) is 13.2 Å². The molecule has 0 bridgehead atoms. The predicted octanol–water partition coefficient (Wildman–Crippen LogP) is 4.26. The second kappa shape index (κ2) is 14.6. The van der Waals surface area contributed by atoms with E-state index >= 15 is 0 Å². The average molecular weight is 526 g/mol. The molecule has 2 unspecified atom stereocenters. The van der Waals surface area contributed by atoms with E-state index in [1.807, 2.05) is 5.32 Å². The molecule has 2 aliphatic rings. The molecule has 11 heteroatoms. The van der Waals surface area contributed by atoms with Crippen LogP contribution in [-0.4, -0.2) is 81.5 Å². The van der Waals surface area contributed by atoms with Gasteiger partial charge in [0.1, 0.15) is 24.4 Å². The smallest absolute Gasteiger partial charge is 0.381 e. The number of amides is 1. The summed E-state index contributed by atoms with van der Waals surface area (Å²) >= 11 is 0. The largest absolute Gasteiger partial charge is 0.471 e. The fraction of sp³-hybridized carbons (Fsp3) is 0.880. The summed E-state index contributed by atoms with van der Waals surface area (Å²) in [5.74, 6) is -3.11. The third kappa shape index (κ3) is 9.57. The van der Waals surface area contributed by atoms with Gasteiger partial charge in [-0.1, -0.05) is 45.1 Å². The van der Waals surface area contributed by atoms with Crippen molar-refractivity contribution in [1.29, 1.82) is 0 Å². The number of methoxy groups -OCH3 is 1. The molecule has 8 nitrogen and oxygen atoms in total. The van der Waals surface area contributed by atoms with Crippen molar-refractivity contribution < 1.29 is 46.4 Å². The van der Waals surface area contributed by atoms with Crippen LogP contribution in [0.4, 0.5) is 13.2 Å². The summed E-state index contributed by atoms with van der Waals surface area (Å²) in [6.45, 7) is 9.45. The average Bonchev–Trinajstić information content (AvgIpc) is 2.81. The van der Waals surface area contributed by atoms with Gasteiger partial charge in [0.25, 0.3) is 0 Å². The molecule has 0 aliphatic carbocycles. The number of hydrogen-bond donors (Lipinski definition) is 1. The number of unbranched alkanes of at least 4 members (excludes halogenated alkanes) is 4. The van der Waals surface area contributed by atoms with E-state index in [2.05, 4.69) is 13.5 Å². The van der Waals surface area contributed by atoms with E-state index < -0.39 is 48.5 Å². The van der Waals surface area contributed by atoms with Crippen LogP contribution in [0.1, 0.15) is 65.7 Å². The third-order valence-electron chi connectivity index (χ3n) is 6.31. The van der Waals surface area contributed by atoms with Gasteiger partial charge in [0.2, 0.25) is 0 Å². The molecule has 36 heavy (non-hydrogen) atoms. The second-order valence-corrected chi connectivity index (χ2v) is 9.64. The minimum absolute atomic E-state index is 0.00412. The van der Waals surface area contributed by atoms with Gasteiger partial charge in [-0.25, -0.2) is 0 Å². The van der Waals surface area contributed by atoms with Gasteiger partial charge in [0, 0.05) is 13.7 Å². The lowest BCUT2D eigenvalue weighted by Gasteiger charge is -2.51. The number of rotatable bonds is 15. The van der Waals surface area contributed by atoms with Crippen LogP contribution in [0.25, 0.3) is 0 Å². The highest BCUT2D eigenvalue weighted by Gasteiger charge is 2.54. The second-order valence-electron chi connectivity index (χ2n) is 9.64. The van der Waals surface area contributed by atoms with E-state index in [0.29, 0.717) is 6.42 Å². The van der Waals surface area contributed by atoms with Crippen LogP contribution in [0.2, 0.25) is 0 Å². The fourth-order valence-electron chi connectivity index (χ4n) is 4.41. The maximum atomic E-state index is 13.1. The molecule has 0 aromatic rings. The Morgan fingerprint density at radius 1 is 1.19 bits per heavy atom. The highest BCUT2D eigenvalue weighted by molar-refractivity contribution is 5.82. The Morgan fingerprint density at radius 2 is 1.92 bits per heavy atom. The van der Waals surface area contributed by atoms with Gasteiger partial charge < -0.3 is 33.7 Å². The van der Waals surface area contributed by atoms with Gasteiger partial charge in [-0.05, 0) is 26.7 Å². The summed E-state index contributed by atoms with van der Waals surface area (Å²) in [6.07, 6.45) is -0.242. The highest BCUT2D eigenvalue weighted by Crippen LogP contribution is 2.35. The summed E-state index contributed by atoms with van der Waals surface area (Å²) in [5, 5.41) is 2.01. The van der Waals surface area contributed by atoms with E-state index in [-0.39, 0.29) is 25.9 Å². The molecule has 0 saturated carbocycles. The molecular weight excluding hydrogens is 483 g/mol. The van der Waals surface area contributed by atoms with Crippen LogP contribution in [0, 0.1) is 0 Å². The Bertz CT molecular complexity index is 677. The maximum Gasteiger partial charge on any atom is 0.471 e. The molecular formula is C25H42F3NO7. The van der Waals surface area contributed by atoms with Crippen LogP contribution in [0.15, 0.2) is 12.7 Å². The van der Waals surface area contributed by atoms with Gasteiger partial charge in [-0.3, -0.25) is 4.79 Å². The van der Waals surface area contributed by atoms with Crippen molar-refractivity contribution in [3.05, 3.63) is 12.7 Å². The lowest BCUT2D eigenvalue weighted by molar-refractivity contribution is -0.371. The molecule has 2 rings (SSSR count). The number of fused-ring (bicyclic) bond motifs is 1. The number of nitrogens with one attached hydrogen (secondary N) is 1. The van der Waals surface area contributed by atoms with Gasteiger partial charge in [0.05, 0.1) is 19.3 Å². The van der Waals surface area contributed by atoms with Crippen molar-refractivity contribution in [3.63, 3.8) is 0 Å². The number of carbonyl (C=O) groups excluding carboxylic acids is 1. The summed E-state index contributed by atoms with van der Waals surface area (Å²) in [7, 11) is 1.64. The van der Waals surface area contributed by atoms with Gasteiger partial charge in [0.15, 0.2) is 12.1 Å². The lowest BCUT2D eigenvalue weighted by atomic mass is 9.94. The standard InChI is InChI=1S/C25H42F3NO7/c1-6-8-9-10-11-12-17(31-5)13-15-32-21-19(29-23(30)25(26,27)28)22(33-14-7-2)35-18-16-34-24(3,4)36-20(18)21/h7,17-22H,2,6,8-16H2,1,3-5H3,(H,29,30)/t17-,18?,19-,20-,21?,22+/m1/s1. The first kappa shape index (κ1) is 31.0. The van der Waals surface area contributed by atoms with Gasteiger partial charge in [-0.15, -0.1) is 6.58 Å². The van der Waals surface area contributed by atoms with E-state index in [9.17, 15) is 18.0 Å². The van der Waals surface area contributed by atoms with Crippen molar-refractivity contribution in [2.24, 2.45) is 0 Å². The van der Waals surface area contributed by atoms with Crippen LogP contribution < -0.4 is 5.32 Å². The quantitative estimate of drug-likeness (QED) is 0.253. The Kier molecular flexibility index (Phi) is 12.6. The first-order chi connectivity index (χ1) is 17.0. The normalized spacial score (nSPS) is 28.8. The van der Waals surface area contributed by atoms with Crippen molar-refractivity contribution in [2.45, 2.75) is 114 Å². The number of hydrogen-bond acceptors (Lipinski definition) is 7. The SMILES string of the molecule is C=CCO[C@H]1OC2COC(C)(C)O[C@H]2C(OCC[C@@H](CCCCCCC)OC)[C@H]1NC(=O)C(F)(F)F. The zero-order chi connectivity index (χ0) is 26.8. The highest BCUT2D eigenvalue weighted by atomic mass is 19.4. The first-order valence-electron chi connectivity index (χ1n) is 12.7. The molecule has 0 aromatic carbocycles. The third-order valence-corrected chi connectivity index (χ3v) is 6.31. The molecule has 2 saturated heterocycles. The van der Waals surface area contributed by atoms with E-state index in [0.717, 1.165) is 19.3 Å². The van der Waals surface area contributed by atoms with Crippen molar-refractivity contribution in [3.8, 4) is 0 Å². The molecule has 0 aromatic heterocycles. The lowest BCUT2D eigenvalue weighted by Crippen LogP contribution is -2.69. The Morgan fingerprint density at radius 3 is 2.56 bits per heavy atom. The Hall–Kier alpha value is -1.24. The fourth-order valence-corrected chi connectivity index (χ4v) is 4.41. The summed E-state index contributed by atoms with van der Waals surface area (Å²) in [6, 6.07) is -1.27. The molecule has 0 radical (unpaired) electrons. The number of carbonyl (C=O) groups is 1. The van der Waals surface area contributed by atoms with E-state index in [4.69, 9.17) is 28.4 Å². The summed E-state index contributed by atoms with van der Waals surface area (Å²) in [5.41, 5.74) is 0. The topological polar surface area (TPSA) is 84.5 Å². The number of halogens is 3. The van der Waals surface area contributed by atoms with Crippen LogP contribution in [0.5, 0.6) is 0 Å². The minimum atomic E-state index is -5.08. The molecule has 210 valence electrons. The van der Waals surface area contributed by atoms with E-state index in [1.165, 1.54) is 25.3 Å². The molecule has 2 aliphatic heterocycles. The first-order valence-corrected chi connectivity index (χ1v) is 12.7. The van der Waals surface area contributed by atoms with Gasteiger partial charge >= 0.3 is 12.1 Å². The molecule has 1 N–H and O–H groups in total. The molecule has 6 atom stereocenters. The van der Waals surface area contributed by atoms with Crippen molar-refractivity contribution in [1.82, 2.24) is 5.32 Å². The maximum absolute atomic E-state index is 13.1. The zero-order valence-electron chi connectivity index (χ0n) is 21.8. The number of alkyl halides is 3. The zero-order valence-corrected chi connectivity index (χ0v) is 21.8. The molecule has 2 fully saturated rings. The minimum Gasteiger partial charge on any atom is -0.381 e. The van der Waals surface area contributed by atoms with Crippen LogP contribution in [0.3, 0.4) is 0 Å².